The highest BCUT2D eigenvalue weighted by molar-refractivity contribution is 5.78. The highest BCUT2D eigenvalue weighted by Gasteiger charge is 2.16. The molecule has 1 amide bonds. The van der Waals surface area contributed by atoms with Crippen LogP contribution in [0.5, 0.6) is 0 Å². The Morgan fingerprint density at radius 2 is 1.74 bits per heavy atom. The molecular weight excluding hydrogens is 238 g/mol. The molecule has 0 fully saturated rings. The largest absolute Gasteiger partial charge is 0.352 e. The second-order valence-electron chi connectivity index (χ2n) is 5.70. The lowest BCUT2D eigenvalue weighted by atomic mass is 10.0. The van der Waals surface area contributed by atoms with Gasteiger partial charge in [-0.15, -0.1) is 0 Å². The van der Waals surface area contributed by atoms with Gasteiger partial charge >= 0.3 is 0 Å². The Morgan fingerprint density at radius 1 is 1.16 bits per heavy atom. The van der Waals surface area contributed by atoms with Crippen molar-refractivity contribution in [2.24, 2.45) is 11.7 Å². The van der Waals surface area contributed by atoms with E-state index in [-0.39, 0.29) is 23.9 Å². The third kappa shape index (κ3) is 9.00. The number of nitrogens with two attached hydrogens (primary N) is 1. The molecule has 0 aliphatic heterocycles. The Kier molecular flexibility index (Phi) is 9.88. The van der Waals surface area contributed by atoms with E-state index in [0.29, 0.717) is 0 Å². The van der Waals surface area contributed by atoms with Crippen molar-refractivity contribution < 1.29 is 4.79 Å². The normalized spacial score (nSPS) is 16.2. The van der Waals surface area contributed by atoms with Crippen LogP contribution in [-0.4, -0.2) is 42.5 Å². The summed E-state index contributed by atoms with van der Waals surface area (Å²) in [6.07, 6.45) is 2.94. The minimum atomic E-state index is 0.0814. The van der Waals surface area contributed by atoms with Crippen LogP contribution in [0.25, 0.3) is 0 Å². The molecule has 4 nitrogen and oxygen atoms in total. The molecule has 114 valence electrons. The van der Waals surface area contributed by atoms with Crippen LogP contribution in [0.1, 0.15) is 53.9 Å². The summed E-state index contributed by atoms with van der Waals surface area (Å²) in [5.41, 5.74) is 5.71. The van der Waals surface area contributed by atoms with Gasteiger partial charge in [-0.05, 0) is 39.8 Å². The van der Waals surface area contributed by atoms with Crippen LogP contribution in [0, 0.1) is 5.92 Å². The van der Waals surface area contributed by atoms with Crippen LogP contribution < -0.4 is 11.1 Å². The summed E-state index contributed by atoms with van der Waals surface area (Å²) in [5.74, 6) is 0.252. The van der Waals surface area contributed by atoms with Gasteiger partial charge in [0.1, 0.15) is 0 Å². The molecule has 0 rings (SSSR count). The summed E-state index contributed by atoms with van der Waals surface area (Å²) in [7, 11) is 0. The van der Waals surface area contributed by atoms with Crippen LogP contribution in [0.15, 0.2) is 0 Å². The number of hydrogen-bond acceptors (Lipinski definition) is 3. The summed E-state index contributed by atoms with van der Waals surface area (Å²) in [5, 5.41) is 3.11. The lowest BCUT2D eigenvalue weighted by Crippen LogP contribution is -2.43. The number of hydrogen-bond donors (Lipinski definition) is 2. The van der Waals surface area contributed by atoms with E-state index in [1.54, 1.807) is 0 Å². The van der Waals surface area contributed by atoms with Crippen LogP contribution >= 0.6 is 0 Å². The molecule has 0 aromatic carbocycles. The van der Waals surface area contributed by atoms with Crippen molar-refractivity contribution in [3.63, 3.8) is 0 Å². The van der Waals surface area contributed by atoms with Gasteiger partial charge in [0, 0.05) is 24.5 Å². The maximum atomic E-state index is 12.0. The minimum absolute atomic E-state index is 0.0814. The van der Waals surface area contributed by atoms with Gasteiger partial charge in [-0.2, -0.15) is 0 Å². The highest BCUT2D eigenvalue weighted by atomic mass is 16.1. The number of carbonyl (C=O) groups excluding carboxylic acids is 1. The van der Waals surface area contributed by atoms with Gasteiger partial charge in [-0.25, -0.2) is 0 Å². The topological polar surface area (TPSA) is 58.4 Å². The van der Waals surface area contributed by atoms with Crippen LogP contribution in [0.3, 0.4) is 0 Å². The third-order valence-electron chi connectivity index (χ3n) is 3.56. The lowest BCUT2D eigenvalue weighted by molar-refractivity contribution is -0.125. The van der Waals surface area contributed by atoms with Crippen molar-refractivity contribution >= 4 is 5.91 Å². The molecule has 0 saturated heterocycles. The fraction of sp³-hybridized carbons (Fsp3) is 0.933. The molecule has 0 aliphatic rings. The molecule has 0 spiro atoms. The molecule has 19 heavy (non-hydrogen) atoms. The number of nitrogens with zero attached hydrogens (tertiary/aromatic N) is 1. The first kappa shape index (κ1) is 18.4. The van der Waals surface area contributed by atoms with Crippen molar-refractivity contribution in [3.8, 4) is 0 Å². The van der Waals surface area contributed by atoms with E-state index in [2.05, 4.69) is 31.0 Å². The fourth-order valence-corrected chi connectivity index (χ4v) is 2.18. The van der Waals surface area contributed by atoms with Crippen molar-refractivity contribution in [2.75, 3.05) is 19.6 Å². The summed E-state index contributed by atoms with van der Waals surface area (Å²) >= 11 is 0. The Hall–Kier alpha value is -0.610. The van der Waals surface area contributed by atoms with Gasteiger partial charge < -0.3 is 16.0 Å². The predicted octanol–water partition coefficient (Wildman–Crippen LogP) is 1.99. The van der Waals surface area contributed by atoms with E-state index in [1.807, 2.05) is 13.8 Å². The van der Waals surface area contributed by atoms with Crippen LogP contribution in [-0.2, 0) is 4.79 Å². The summed E-state index contributed by atoms with van der Waals surface area (Å²) in [4.78, 5) is 14.4. The zero-order valence-electron chi connectivity index (χ0n) is 13.4. The quantitative estimate of drug-likeness (QED) is 0.639. The number of likely N-dealkylation sites (N-methyl/N-ethyl adjacent to an activating group) is 1. The monoisotopic (exact) mass is 271 g/mol. The van der Waals surface area contributed by atoms with E-state index in [0.717, 1.165) is 38.9 Å². The molecular formula is C15H33N3O. The first-order chi connectivity index (χ1) is 8.90. The second-order valence-corrected chi connectivity index (χ2v) is 5.70. The van der Waals surface area contributed by atoms with Gasteiger partial charge in [0.25, 0.3) is 0 Å². The van der Waals surface area contributed by atoms with E-state index in [4.69, 9.17) is 5.73 Å². The number of nitrogens with one attached hydrogen (secondary N) is 1. The molecule has 3 N–H and O–H groups in total. The Balaban J connectivity index is 3.93. The number of carbonyl (C=O) groups is 1. The van der Waals surface area contributed by atoms with Gasteiger partial charge in [-0.1, -0.05) is 27.2 Å². The van der Waals surface area contributed by atoms with Crippen molar-refractivity contribution in [1.82, 2.24) is 10.2 Å². The summed E-state index contributed by atoms with van der Waals surface area (Å²) in [6, 6.07) is 0.445. The summed E-state index contributed by atoms with van der Waals surface area (Å²) in [6.45, 7) is 13.4. The van der Waals surface area contributed by atoms with E-state index in [9.17, 15) is 4.79 Å². The fourth-order valence-electron chi connectivity index (χ4n) is 2.18. The lowest BCUT2D eigenvalue weighted by Gasteiger charge is -2.24. The first-order valence-corrected chi connectivity index (χ1v) is 7.68. The average Bonchev–Trinajstić information content (AvgIpc) is 2.35. The third-order valence-corrected chi connectivity index (χ3v) is 3.56. The van der Waals surface area contributed by atoms with Crippen LogP contribution in [0.2, 0.25) is 0 Å². The standard InChI is InChI=1S/C15H33N3O/c1-6-18(7-2)11-14(5)17-15(19)12(3)9-8-10-13(4)16/h12-14H,6-11,16H2,1-5H3,(H,17,19). The SMILES string of the molecule is CCN(CC)CC(C)NC(=O)C(C)CCCC(C)N. The maximum Gasteiger partial charge on any atom is 0.223 e. The maximum absolute atomic E-state index is 12.0. The molecule has 4 heteroatoms. The smallest absolute Gasteiger partial charge is 0.223 e. The van der Waals surface area contributed by atoms with Gasteiger partial charge in [-0.3, -0.25) is 4.79 Å². The van der Waals surface area contributed by atoms with Crippen molar-refractivity contribution in [2.45, 2.75) is 66.0 Å². The molecule has 0 aliphatic carbocycles. The van der Waals surface area contributed by atoms with E-state index >= 15 is 0 Å². The van der Waals surface area contributed by atoms with Crippen molar-refractivity contribution in [3.05, 3.63) is 0 Å². The van der Waals surface area contributed by atoms with Crippen molar-refractivity contribution in [1.29, 1.82) is 0 Å². The molecule has 0 bridgehead atoms. The molecule has 0 radical (unpaired) electrons. The van der Waals surface area contributed by atoms with Gasteiger partial charge in [0.2, 0.25) is 5.91 Å². The minimum Gasteiger partial charge on any atom is -0.352 e. The molecule has 0 heterocycles. The van der Waals surface area contributed by atoms with Gasteiger partial charge in [0.05, 0.1) is 0 Å². The average molecular weight is 271 g/mol. The molecule has 0 aromatic rings. The molecule has 0 aromatic heterocycles. The Morgan fingerprint density at radius 3 is 2.21 bits per heavy atom. The number of rotatable bonds is 10. The Bertz CT molecular complexity index is 240. The molecule has 3 atom stereocenters. The van der Waals surface area contributed by atoms with E-state index < -0.39 is 0 Å². The summed E-state index contributed by atoms with van der Waals surface area (Å²) < 4.78 is 0. The Labute approximate surface area is 119 Å². The molecule has 0 saturated carbocycles. The predicted molar refractivity (Wildman–Crippen MR) is 82.1 cm³/mol. The highest BCUT2D eigenvalue weighted by Crippen LogP contribution is 2.09. The van der Waals surface area contributed by atoms with Crippen LogP contribution in [0.4, 0.5) is 0 Å². The molecule has 3 unspecified atom stereocenters. The zero-order chi connectivity index (χ0) is 14.8. The zero-order valence-corrected chi connectivity index (χ0v) is 13.4. The second kappa shape index (κ2) is 10.2. The first-order valence-electron chi connectivity index (χ1n) is 7.68. The van der Waals surface area contributed by atoms with E-state index in [1.165, 1.54) is 0 Å². The van der Waals surface area contributed by atoms with Gasteiger partial charge in [0.15, 0.2) is 0 Å². The number of amides is 1.